The number of fused-ring (bicyclic) bond motifs is 1. The molecule has 120 valence electrons. The van der Waals surface area contributed by atoms with E-state index in [0.29, 0.717) is 16.7 Å². The Morgan fingerprint density at radius 2 is 2.17 bits per heavy atom. The Bertz CT molecular complexity index is 989. The summed E-state index contributed by atoms with van der Waals surface area (Å²) in [5.41, 5.74) is 7.40. The van der Waals surface area contributed by atoms with Crippen LogP contribution in [-0.2, 0) is 16.6 Å². The van der Waals surface area contributed by atoms with Crippen LogP contribution in [0.3, 0.4) is 0 Å². The molecule has 3 aromatic rings. The number of para-hydroxylation sites is 1. The summed E-state index contributed by atoms with van der Waals surface area (Å²) in [6, 6.07) is 5.15. The normalized spacial score (nSPS) is 11.7. The molecular weight excluding hydrogens is 322 g/mol. The average molecular weight is 335 g/mol. The van der Waals surface area contributed by atoms with E-state index in [-0.39, 0.29) is 18.3 Å². The highest BCUT2D eigenvalue weighted by molar-refractivity contribution is 7.92. The van der Waals surface area contributed by atoms with Gasteiger partial charge in [0.05, 0.1) is 23.7 Å². The summed E-state index contributed by atoms with van der Waals surface area (Å²) in [4.78, 5) is 17.5. The van der Waals surface area contributed by atoms with Crippen LogP contribution < -0.4 is 10.5 Å². The van der Waals surface area contributed by atoms with Gasteiger partial charge in [0.15, 0.2) is 5.82 Å². The Kier molecular flexibility index (Phi) is 3.48. The van der Waals surface area contributed by atoms with Gasteiger partial charge < -0.3 is 5.73 Å². The van der Waals surface area contributed by atoms with Crippen LogP contribution in [0.1, 0.15) is 4.79 Å². The second kappa shape index (κ2) is 5.35. The number of aromatic nitrogens is 5. The molecule has 10 nitrogen and oxygen atoms in total. The Balaban J connectivity index is 1.83. The van der Waals surface area contributed by atoms with Gasteiger partial charge in [0.2, 0.25) is 10.0 Å². The Labute approximate surface area is 131 Å². The zero-order valence-electron chi connectivity index (χ0n) is 12.0. The summed E-state index contributed by atoms with van der Waals surface area (Å²) in [5, 5.41) is 7.73. The lowest BCUT2D eigenvalue weighted by Crippen LogP contribution is -2.19. The van der Waals surface area contributed by atoms with Crippen molar-refractivity contribution in [3.05, 3.63) is 30.7 Å². The Morgan fingerprint density at radius 3 is 2.91 bits per heavy atom. The molecule has 0 aliphatic carbocycles. The van der Waals surface area contributed by atoms with Gasteiger partial charge in [-0.25, -0.2) is 13.4 Å². The van der Waals surface area contributed by atoms with Gasteiger partial charge in [0, 0.05) is 0 Å². The van der Waals surface area contributed by atoms with Crippen LogP contribution in [0, 0.1) is 0 Å². The fourth-order valence-electron chi connectivity index (χ4n) is 2.07. The number of sulfonamides is 1. The molecule has 0 aliphatic rings. The van der Waals surface area contributed by atoms with Gasteiger partial charge in [0.1, 0.15) is 18.4 Å². The lowest BCUT2D eigenvalue weighted by molar-refractivity contribution is 0.0885. The van der Waals surface area contributed by atoms with E-state index in [2.05, 4.69) is 19.9 Å². The second-order valence-electron chi connectivity index (χ2n) is 4.86. The first-order valence-corrected chi connectivity index (χ1v) is 8.35. The van der Waals surface area contributed by atoms with E-state index in [1.165, 1.54) is 17.1 Å². The molecule has 1 aromatic carbocycles. The first kappa shape index (κ1) is 15.0. The molecular formula is C12H13N7O3S. The third kappa shape index (κ3) is 3.13. The predicted molar refractivity (Wildman–Crippen MR) is 83.3 cm³/mol. The molecule has 2 aromatic heterocycles. The van der Waals surface area contributed by atoms with Crippen molar-refractivity contribution in [1.29, 1.82) is 0 Å². The van der Waals surface area contributed by atoms with Crippen LogP contribution in [0.25, 0.3) is 11.0 Å². The van der Waals surface area contributed by atoms with Gasteiger partial charge in [-0.2, -0.15) is 9.90 Å². The fraction of sp³-hybridized carbons (Fsp3) is 0.167. The summed E-state index contributed by atoms with van der Waals surface area (Å²) in [5.74, 6) is -0.292. The van der Waals surface area contributed by atoms with Gasteiger partial charge in [-0.15, -0.1) is 5.10 Å². The minimum absolute atomic E-state index is 0.0417. The molecule has 3 N–H and O–H groups in total. The SMILES string of the molecule is CS(=O)(=O)Nc1cnn(CC(=O)n2cnc3c(N)cccc32)n1. The highest BCUT2D eigenvalue weighted by Gasteiger charge is 2.14. The van der Waals surface area contributed by atoms with Crippen molar-refractivity contribution in [2.75, 3.05) is 16.7 Å². The van der Waals surface area contributed by atoms with E-state index in [4.69, 9.17) is 5.73 Å². The van der Waals surface area contributed by atoms with E-state index in [1.54, 1.807) is 18.2 Å². The molecule has 23 heavy (non-hydrogen) atoms. The molecule has 0 saturated carbocycles. The first-order valence-electron chi connectivity index (χ1n) is 6.46. The number of benzene rings is 1. The average Bonchev–Trinajstić information content (AvgIpc) is 3.04. The lowest BCUT2D eigenvalue weighted by atomic mass is 10.3. The smallest absolute Gasteiger partial charge is 0.255 e. The van der Waals surface area contributed by atoms with Gasteiger partial charge in [0.25, 0.3) is 5.91 Å². The number of hydrogen-bond acceptors (Lipinski definition) is 7. The van der Waals surface area contributed by atoms with Gasteiger partial charge in [-0.05, 0) is 12.1 Å². The molecule has 0 bridgehead atoms. The van der Waals surface area contributed by atoms with Crippen molar-refractivity contribution in [2.24, 2.45) is 0 Å². The summed E-state index contributed by atoms with van der Waals surface area (Å²) < 4.78 is 25.8. The van der Waals surface area contributed by atoms with Crippen LogP contribution in [0.2, 0.25) is 0 Å². The zero-order valence-corrected chi connectivity index (χ0v) is 12.9. The minimum Gasteiger partial charge on any atom is -0.397 e. The van der Waals surface area contributed by atoms with E-state index in [9.17, 15) is 13.2 Å². The van der Waals surface area contributed by atoms with Crippen molar-refractivity contribution >= 4 is 38.5 Å². The van der Waals surface area contributed by atoms with Crippen LogP contribution >= 0.6 is 0 Å². The number of hydrogen-bond donors (Lipinski definition) is 2. The third-order valence-electron chi connectivity index (χ3n) is 2.98. The lowest BCUT2D eigenvalue weighted by Gasteiger charge is -2.03. The van der Waals surface area contributed by atoms with Crippen molar-refractivity contribution in [2.45, 2.75) is 6.54 Å². The van der Waals surface area contributed by atoms with Crippen LogP contribution in [-0.4, -0.2) is 45.1 Å². The van der Waals surface area contributed by atoms with Crippen LogP contribution in [0.5, 0.6) is 0 Å². The monoisotopic (exact) mass is 335 g/mol. The maximum Gasteiger partial charge on any atom is 0.255 e. The molecule has 0 atom stereocenters. The van der Waals surface area contributed by atoms with Crippen molar-refractivity contribution in [1.82, 2.24) is 24.5 Å². The van der Waals surface area contributed by atoms with E-state index >= 15 is 0 Å². The summed E-state index contributed by atoms with van der Waals surface area (Å²) in [6.07, 6.45) is 3.60. The van der Waals surface area contributed by atoms with Gasteiger partial charge >= 0.3 is 0 Å². The summed E-state index contributed by atoms with van der Waals surface area (Å²) >= 11 is 0. The highest BCUT2D eigenvalue weighted by Crippen LogP contribution is 2.19. The minimum atomic E-state index is -3.45. The number of nitrogens with zero attached hydrogens (tertiary/aromatic N) is 5. The fourth-order valence-corrected chi connectivity index (χ4v) is 2.54. The van der Waals surface area contributed by atoms with Crippen molar-refractivity contribution in [3.63, 3.8) is 0 Å². The molecule has 0 unspecified atom stereocenters. The predicted octanol–water partition coefficient (Wildman–Crippen LogP) is -0.0781. The number of nitrogens with two attached hydrogens (primary N) is 1. The molecule has 0 saturated heterocycles. The standard InChI is InChI=1S/C12H13N7O3S/c1-23(21,22)17-10-5-15-19(16-10)6-11(20)18-7-14-12-8(13)3-2-4-9(12)18/h2-5,7H,6,13H2,1H3,(H,16,17). The molecule has 0 aliphatic heterocycles. The maximum absolute atomic E-state index is 12.3. The van der Waals surface area contributed by atoms with E-state index in [1.807, 2.05) is 0 Å². The first-order chi connectivity index (χ1) is 10.8. The van der Waals surface area contributed by atoms with Crippen LogP contribution in [0.15, 0.2) is 30.7 Å². The molecule has 2 heterocycles. The Hall–Kier alpha value is -2.95. The topological polar surface area (TPSA) is 138 Å². The zero-order chi connectivity index (χ0) is 16.6. The van der Waals surface area contributed by atoms with Gasteiger partial charge in [-0.3, -0.25) is 14.1 Å². The largest absolute Gasteiger partial charge is 0.397 e. The maximum atomic E-state index is 12.3. The van der Waals surface area contributed by atoms with Crippen LogP contribution in [0.4, 0.5) is 11.5 Å². The number of carbonyl (C=O) groups is 1. The van der Waals surface area contributed by atoms with E-state index in [0.717, 1.165) is 11.1 Å². The molecule has 0 amide bonds. The molecule has 0 radical (unpaired) electrons. The molecule has 0 spiro atoms. The van der Waals surface area contributed by atoms with Gasteiger partial charge in [-0.1, -0.05) is 6.07 Å². The number of nitrogens with one attached hydrogen (secondary N) is 1. The van der Waals surface area contributed by atoms with Crippen molar-refractivity contribution in [3.8, 4) is 0 Å². The molecule has 0 fully saturated rings. The number of nitrogen functional groups attached to an aromatic ring is 1. The van der Waals surface area contributed by atoms with E-state index < -0.39 is 10.0 Å². The third-order valence-corrected chi connectivity index (χ3v) is 3.56. The quantitative estimate of drug-likeness (QED) is 0.636. The highest BCUT2D eigenvalue weighted by atomic mass is 32.2. The Morgan fingerprint density at radius 1 is 1.39 bits per heavy atom. The summed E-state index contributed by atoms with van der Waals surface area (Å²) in [7, 11) is -3.45. The molecule has 3 rings (SSSR count). The van der Waals surface area contributed by atoms with Crippen molar-refractivity contribution < 1.29 is 13.2 Å². The number of rotatable bonds is 4. The number of carbonyl (C=O) groups excluding carboxylic acids is 1. The second-order valence-corrected chi connectivity index (χ2v) is 6.61. The molecule has 11 heteroatoms. The number of imidazole rings is 1. The summed E-state index contributed by atoms with van der Waals surface area (Å²) in [6.45, 7) is -0.175. The number of anilines is 2.